The van der Waals surface area contributed by atoms with Crippen molar-refractivity contribution >= 4 is 21.6 Å². The van der Waals surface area contributed by atoms with Crippen molar-refractivity contribution in [1.82, 2.24) is 4.90 Å². The molecule has 1 N–H and O–H groups in total. The molecule has 0 aliphatic heterocycles. The van der Waals surface area contributed by atoms with Gasteiger partial charge in [0.25, 0.3) is 15.9 Å². The summed E-state index contributed by atoms with van der Waals surface area (Å²) in [6.07, 6.45) is 5.37. The number of hydrogen-bond acceptors (Lipinski definition) is 3. The molecule has 0 radical (unpaired) electrons. The average Bonchev–Trinajstić information content (AvgIpc) is 2.69. The first-order valence-corrected chi connectivity index (χ1v) is 10.9. The lowest BCUT2D eigenvalue weighted by atomic mass is 9.94. The van der Waals surface area contributed by atoms with Crippen molar-refractivity contribution in [2.75, 3.05) is 11.8 Å². The molecule has 28 heavy (non-hydrogen) atoms. The van der Waals surface area contributed by atoms with Crippen LogP contribution in [0.2, 0.25) is 0 Å². The van der Waals surface area contributed by atoms with Gasteiger partial charge in [0.1, 0.15) is 5.82 Å². The zero-order valence-corrected chi connectivity index (χ0v) is 16.9. The molecule has 1 aliphatic rings. The van der Waals surface area contributed by atoms with Crippen LogP contribution in [0.1, 0.15) is 48.0 Å². The molecular formula is C21H25FN2O3S. The lowest BCUT2D eigenvalue weighted by molar-refractivity contribution is 0.0696. The number of nitrogens with one attached hydrogen (secondary N) is 1. The number of sulfonamides is 1. The second-order valence-electron chi connectivity index (χ2n) is 7.30. The van der Waals surface area contributed by atoms with Crippen LogP contribution in [-0.2, 0) is 10.0 Å². The summed E-state index contributed by atoms with van der Waals surface area (Å²) >= 11 is 0. The van der Waals surface area contributed by atoms with Crippen molar-refractivity contribution in [3.63, 3.8) is 0 Å². The van der Waals surface area contributed by atoms with Gasteiger partial charge in [-0.1, -0.05) is 25.3 Å². The quantitative estimate of drug-likeness (QED) is 0.806. The van der Waals surface area contributed by atoms with E-state index in [0.29, 0.717) is 11.1 Å². The number of carbonyl (C=O) groups is 1. The van der Waals surface area contributed by atoms with Crippen molar-refractivity contribution in [3.8, 4) is 0 Å². The number of rotatable bonds is 5. The number of amides is 1. The second-order valence-corrected chi connectivity index (χ2v) is 8.95. The van der Waals surface area contributed by atoms with E-state index < -0.39 is 15.8 Å². The van der Waals surface area contributed by atoms with Gasteiger partial charge in [0.2, 0.25) is 0 Å². The van der Waals surface area contributed by atoms with E-state index in [1.165, 1.54) is 36.8 Å². The zero-order valence-electron chi connectivity index (χ0n) is 16.1. The zero-order chi connectivity index (χ0) is 20.3. The third kappa shape index (κ3) is 4.52. The predicted molar refractivity (Wildman–Crippen MR) is 107 cm³/mol. The summed E-state index contributed by atoms with van der Waals surface area (Å²) in [4.78, 5) is 14.7. The fourth-order valence-electron chi connectivity index (χ4n) is 3.59. The Kier molecular flexibility index (Phi) is 6.03. The van der Waals surface area contributed by atoms with Gasteiger partial charge in [0.15, 0.2) is 0 Å². The highest BCUT2D eigenvalue weighted by molar-refractivity contribution is 7.92. The van der Waals surface area contributed by atoms with Crippen LogP contribution >= 0.6 is 0 Å². The Morgan fingerprint density at radius 1 is 1.07 bits per heavy atom. The molecule has 0 aromatic heterocycles. The molecule has 1 amide bonds. The van der Waals surface area contributed by atoms with Crippen LogP contribution in [0.4, 0.5) is 10.1 Å². The average molecular weight is 405 g/mol. The molecule has 5 nitrogen and oxygen atoms in total. The number of aryl methyl sites for hydroxylation is 1. The number of hydrogen-bond donors (Lipinski definition) is 1. The molecule has 0 unspecified atom stereocenters. The molecule has 0 atom stereocenters. The molecule has 1 aliphatic carbocycles. The van der Waals surface area contributed by atoms with Crippen molar-refractivity contribution in [2.45, 2.75) is 50.0 Å². The SMILES string of the molecule is Cc1ccc(C(=O)N(C)C2CCCCC2)cc1S(=O)(=O)Nc1ccc(F)cc1. The number of anilines is 1. The highest BCUT2D eigenvalue weighted by atomic mass is 32.2. The van der Waals surface area contributed by atoms with Gasteiger partial charge in [-0.3, -0.25) is 9.52 Å². The molecular weight excluding hydrogens is 379 g/mol. The lowest BCUT2D eigenvalue weighted by Gasteiger charge is -2.31. The topological polar surface area (TPSA) is 66.5 Å². The summed E-state index contributed by atoms with van der Waals surface area (Å²) in [5.41, 5.74) is 1.14. The Labute approximate surface area is 165 Å². The number of nitrogens with zero attached hydrogens (tertiary/aromatic N) is 1. The van der Waals surface area contributed by atoms with Crippen molar-refractivity contribution in [1.29, 1.82) is 0 Å². The first kappa shape index (κ1) is 20.3. The maximum absolute atomic E-state index is 13.1. The Balaban J connectivity index is 1.85. The van der Waals surface area contributed by atoms with Gasteiger partial charge >= 0.3 is 0 Å². The highest BCUT2D eigenvalue weighted by Crippen LogP contribution is 2.25. The summed E-state index contributed by atoms with van der Waals surface area (Å²) in [5.74, 6) is -0.623. The molecule has 0 bridgehead atoms. The lowest BCUT2D eigenvalue weighted by Crippen LogP contribution is -2.38. The monoisotopic (exact) mass is 404 g/mol. The van der Waals surface area contributed by atoms with Crippen LogP contribution in [0.5, 0.6) is 0 Å². The summed E-state index contributed by atoms with van der Waals surface area (Å²) in [6.45, 7) is 1.68. The van der Waals surface area contributed by atoms with Crippen LogP contribution in [0, 0.1) is 12.7 Å². The number of carbonyl (C=O) groups excluding carboxylic acids is 1. The predicted octanol–water partition coefficient (Wildman–Crippen LogP) is 4.34. The van der Waals surface area contributed by atoms with Crippen molar-refractivity contribution in [2.24, 2.45) is 0 Å². The molecule has 1 saturated carbocycles. The standard InChI is InChI=1S/C21H25FN2O3S/c1-15-8-9-16(21(25)24(2)19-6-4-3-5-7-19)14-20(15)28(26,27)23-18-12-10-17(22)11-13-18/h8-14,19,23H,3-7H2,1-2H3. The van der Waals surface area contributed by atoms with Gasteiger partial charge in [-0.25, -0.2) is 12.8 Å². The summed E-state index contributed by atoms with van der Waals surface area (Å²) in [6, 6.07) is 9.99. The largest absolute Gasteiger partial charge is 0.339 e. The Hall–Kier alpha value is -2.41. The van der Waals surface area contributed by atoms with Crippen LogP contribution in [0.3, 0.4) is 0 Å². The van der Waals surface area contributed by atoms with Crippen LogP contribution in [0.15, 0.2) is 47.4 Å². The summed E-state index contributed by atoms with van der Waals surface area (Å²) < 4.78 is 41.1. The first-order chi connectivity index (χ1) is 13.3. The first-order valence-electron chi connectivity index (χ1n) is 9.44. The fourth-order valence-corrected chi connectivity index (χ4v) is 4.92. The Bertz CT molecular complexity index is 952. The van der Waals surface area contributed by atoms with E-state index in [1.807, 2.05) is 0 Å². The summed E-state index contributed by atoms with van der Waals surface area (Å²) in [5, 5.41) is 0. The van der Waals surface area contributed by atoms with Gasteiger partial charge in [-0.2, -0.15) is 0 Å². The molecule has 2 aromatic carbocycles. The Morgan fingerprint density at radius 2 is 1.71 bits per heavy atom. The van der Waals surface area contributed by atoms with Gasteiger partial charge in [0.05, 0.1) is 4.90 Å². The molecule has 7 heteroatoms. The van der Waals surface area contributed by atoms with Gasteiger partial charge < -0.3 is 4.90 Å². The maximum Gasteiger partial charge on any atom is 0.262 e. The highest BCUT2D eigenvalue weighted by Gasteiger charge is 2.25. The van der Waals surface area contributed by atoms with E-state index in [4.69, 9.17) is 0 Å². The van der Waals surface area contributed by atoms with Crippen molar-refractivity contribution in [3.05, 3.63) is 59.4 Å². The smallest absolute Gasteiger partial charge is 0.262 e. The fraction of sp³-hybridized carbons (Fsp3) is 0.381. The molecule has 0 spiro atoms. The van der Waals surface area contributed by atoms with Gasteiger partial charge in [0, 0.05) is 24.3 Å². The van der Waals surface area contributed by atoms with Crippen LogP contribution in [-0.4, -0.2) is 32.3 Å². The third-order valence-corrected chi connectivity index (χ3v) is 6.79. The minimum Gasteiger partial charge on any atom is -0.339 e. The second kappa shape index (κ2) is 8.31. The van der Waals surface area contributed by atoms with E-state index in [9.17, 15) is 17.6 Å². The third-order valence-electron chi connectivity index (χ3n) is 5.26. The van der Waals surface area contributed by atoms with E-state index in [2.05, 4.69) is 4.72 Å². The van der Waals surface area contributed by atoms with E-state index in [0.717, 1.165) is 25.7 Å². The molecule has 3 rings (SSSR count). The molecule has 150 valence electrons. The minimum absolute atomic E-state index is 0.0414. The number of benzene rings is 2. The molecule has 1 fully saturated rings. The van der Waals surface area contributed by atoms with Gasteiger partial charge in [-0.05, 0) is 61.7 Å². The maximum atomic E-state index is 13.1. The molecule has 0 heterocycles. The van der Waals surface area contributed by atoms with Crippen LogP contribution < -0.4 is 4.72 Å². The molecule has 2 aromatic rings. The number of halogens is 1. The van der Waals surface area contributed by atoms with Crippen LogP contribution in [0.25, 0.3) is 0 Å². The Morgan fingerprint density at radius 3 is 2.36 bits per heavy atom. The molecule has 0 saturated heterocycles. The minimum atomic E-state index is -3.91. The summed E-state index contributed by atoms with van der Waals surface area (Å²) in [7, 11) is -2.13. The van der Waals surface area contributed by atoms with E-state index in [1.54, 1.807) is 31.0 Å². The van der Waals surface area contributed by atoms with Crippen molar-refractivity contribution < 1.29 is 17.6 Å². The van der Waals surface area contributed by atoms with Gasteiger partial charge in [-0.15, -0.1) is 0 Å². The van der Waals surface area contributed by atoms with E-state index >= 15 is 0 Å². The van der Waals surface area contributed by atoms with E-state index in [-0.39, 0.29) is 22.5 Å². The normalized spacial score (nSPS) is 15.2.